The average Bonchev–Trinajstić information content (AvgIpc) is 2.19. The van der Waals surface area contributed by atoms with E-state index in [0.717, 1.165) is 19.3 Å². The van der Waals surface area contributed by atoms with Crippen molar-refractivity contribution in [1.29, 1.82) is 0 Å². The van der Waals surface area contributed by atoms with Gasteiger partial charge in [0, 0.05) is 6.42 Å². The lowest BCUT2D eigenvalue weighted by Gasteiger charge is -2.17. The molecule has 17 heavy (non-hydrogen) atoms. The van der Waals surface area contributed by atoms with Crippen molar-refractivity contribution in [3.8, 4) is 0 Å². The maximum atomic E-state index is 11.8. The summed E-state index contributed by atoms with van der Waals surface area (Å²) in [7, 11) is 0. The summed E-state index contributed by atoms with van der Waals surface area (Å²) in [6, 6.07) is 0. The summed E-state index contributed by atoms with van der Waals surface area (Å²) in [5.74, 6) is 1.08. The van der Waals surface area contributed by atoms with Gasteiger partial charge in [-0.1, -0.05) is 34.1 Å². The van der Waals surface area contributed by atoms with E-state index in [2.05, 4.69) is 30.7 Å². The maximum Gasteiger partial charge on any atom is 0.256 e. The molecule has 0 unspecified atom stereocenters. The molecule has 0 aliphatic carbocycles. The third-order valence-corrected chi connectivity index (χ3v) is 2.71. The van der Waals surface area contributed by atoms with Gasteiger partial charge in [-0.15, -0.1) is 0 Å². The zero-order valence-electron chi connectivity index (χ0n) is 11.3. The second-order valence-electron chi connectivity index (χ2n) is 5.69. The number of aromatic nitrogens is 2. The van der Waals surface area contributed by atoms with Crippen LogP contribution in [0.5, 0.6) is 0 Å². The normalized spacial score (nSPS) is 11.8. The van der Waals surface area contributed by atoms with E-state index in [1.54, 1.807) is 0 Å². The van der Waals surface area contributed by atoms with Crippen LogP contribution in [0.2, 0.25) is 0 Å². The van der Waals surface area contributed by atoms with Gasteiger partial charge < -0.3 is 10.7 Å². The van der Waals surface area contributed by atoms with E-state index in [9.17, 15) is 4.79 Å². The number of anilines is 1. The number of hydrogen-bond donors (Lipinski definition) is 2. The summed E-state index contributed by atoms with van der Waals surface area (Å²) in [5.41, 5.74) is 6.59. The zero-order chi connectivity index (χ0) is 13.1. The van der Waals surface area contributed by atoms with Gasteiger partial charge in [0.1, 0.15) is 11.6 Å². The Hall–Kier alpha value is -1.32. The number of nitrogens with two attached hydrogens (primary N) is 1. The lowest BCUT2D eigenvalue weighted by Crippen LogP contribution is -2.20. The fourth-order valence-corrected chi connectivity index (χ4v) is 1.67. The summed E-state index contributed by atoms with van der Waals surface area (Å²) < 4.78 is 0. The highest BCUT2D eigenvalue weighted by Crippen LogP contribution is 2.20. The van der Waals surface area contributed by atoms with E-state index in [4.69, 9.17) is 5.73 Å². The molecule has 3 N–H and O–H groups in total. The Balaban J connectivity index is 2.87. The largest absolute Gasteiger partial charge is 0.383 e. The fraction of sp³-hybridized carbons (Fsp3) is 0.692. The van der Waals surface area contributed by atoms with Gasteiger partial charge in [-0.2, -0.15) is 0 Å². The molecule has 0 aliphatic rings. The van der Waals surface area contributed by atoms with Crippen molar-refractivity contribution in [3.63, 3.8) is 0 Å². The Labute approximate surface area is 103 Å². The van der Waals surface area contributed by atoms with Gasteiger partial charge >= 0.3 is 0 Å². The van der Waals surface area contributed by atoms with Crippen LogP contribution >= 0.6 is 0 Å². The van der Waals surface area contributed by atoms with Crippen molar-refractivity contribution < 1.29 is 0 Å². The number of nitrogen functional groups attached to an aromatic ring is 1. The van der Waals surface area contributed by atoms with Crippen molar-refractivity contribution in [2.24, 2.45) is 5.41 Å². The number of nitrogens with one attached hydrogen (secondary N) is 1. The van der Waals surface area contributed by atoms with Crippen LogP contribution in [0.3, 0.4) is 0 Å². The number of H-pyrrole nitrogens is 1. The first-order valence-electron chi connectivity index (χ1n) is 6.21. The van der Waals surface area contributed by atoms with Gasteiger partial charge in [-0.05, 0) is 18.3 Å². The minimum absolute atomic E-state index is 0.0803. The predicted molar refractivity (Wildman–Crippen MR) is 71.0 cm³/mol. The third-order valence-electron chi connectivity index (χ3n) is 2.71. The molecule has 4 nitrogen and oxygen atoms in total. The molecule has 1 rings (SSSR count). The molecule has 0 radical (unpaired) electrons. The van der Waals surface area contributed by atoms with E-state index in [0.29, 0.717) is 23.6 Å². The van der Waals surface area contributed by atoms with Crippen LogP contribution < -0.4 is 11.3 Å². The molecule has 1 aromatic heterocycles. The van der Waals surface area contributed by atoms with Crippen molar-refractivity contribution in [2.75, 3.05) is 5.73 Å². The summed E-state index contributed by atoms with van der Waals surface area (Å²) >= 11 is 0. The third kappa shape index (κ3) is 4.21. The molecule has 0 amide bonds. The number of aryl methyl sites for hydroxylation is 1. The lowest BCUT2D eigenvalue weighted by atomic mass is 9.90. The molecule has 1 aromatic rings. The minimum Gasteiger partial charge on any atom is -0.383 e. The maximum absolute atomic E-state index is 11.8. The second-order valence-corrected chi connectivity index (χ2v) is 5.69. The summed E-state index contributed by atoms with van der Waals surface area (Å²) in [5, 5.41) is 0. The topological polar surface area (TPSA) is 71.8 Å². The van der Waals surface area contributed by atoms with Crippen LogP contribution in [0, 0.1) is 5.41 Å². The molecule has 0 fully saturated rings. The van der Waals surface area contributed by atoms with E-state index in [1.165, 1.54) is 0 Å². The Morgan fingerprint density at radius 1 is 1.29 bits per heavy atom. The molecule has 0 atom stereocenters. The van der Waals surface area contributed by atoms with Crippen LogP contribution in [0.4, 0.5) is 5.82 Å². The molecule has 0 saturated carbocycles. The number of nitrogens with zero attached hydrogens (tertiary/aromatic N) is 1. The first kappa shape index (κ1) is 13.7. The Morgan fingerprint density at radius 2 is 1.94 bits per heavy atom. The number of aromatic amines is 1. The van der Waals surface area contributed by atoms with Crippen LogP contribution in [-0.2, 0) is 12.8 Å². The second kappa shape index (κ2) is 5.34. The van der Waals surface area contributed by atoms with Gasteiger partial charge in [-0.25, -0.2) is 4.98 Å². The Kier molecular flexibility index (Phi) is 4.32. The highest BCUT2D eigenvalue weighted by atomic mass is 16.1. The average molecular weight is 237 g/mol. The number of rotatable bonds is 4. The predicted octanol–water partition coefficient (Wildman–Crippen LogP) is 2.28. The molecule has 96 valence electrons. The number of hydrogen-bond acceptors (Lipinski definition) is 3. The molecule has 0 aromatic carbocycles. The Morgan fingerprint density at radius 3 is 2.41 bits per heavy atom. The van der Waals surface area contributed by atoms with Gasteiger partial charge in [0.15, 0.2) is 0 Å². The van der Waals surface area contributed by atoms with Crippen molar-refractivity contribution >= 4 is 5.82 Å². The molecule has 0 aliphatic heterocycles. The van der Waals surface area contributed by atoms with Crippen molar-refractivity contribution in [3.05, 3.63) is 21.7 Å². The first-order valence-corrected chi connectivity index (χ1v) is 6.21. The smallest absolute Gasteiger partial charge is 0.256 e. The molecule has 4 heteroatoms. The van der Waals surface area contributed by atoms with Crippen LogP contribution in [0.25, 0.3) is 0 Å². The van der Waals surface area contributed by atoms with Crippen molar-refractivity contribution in [2.45, 2.75) is 53.4 Å². The summed E-state index contributed by atoms with van der Waals surface area (Å²) in [4.78, 5) is 18.9. The van der Waals surface area contributed by atoms with Crippen LogP contribution in [0.15, 0.2) is 4.79 Å². The molecule has 0 bridgehead atoms. The molecule has 0 spiro atoms. The molecular weight excluding hydrogens is 214 g/mol. The highest BCUT2D eigenvalue weighted by molar-refractivity contribution is 5.37. The molecule has 1 heterocycles. The van der Waals surface area contributed by atoms with Gasteiger partial charge in [0.05, 0.1) is 5.56 Å². The van der Waals surface area contributed by atoms with E-state index in [1.807, 2.05) is 6.92 Å². The van der Waals surface area contributed by atoms with Gasteiger partial charge in [0.25, 0.3) is 5.56 Å². The SMILES string of the molecule is CCCc1c(N)nc(CCC(C)(C)C)[nH]c1=O. The monoisotopic (exact) mass is 237 g/mol. The minimum atomic E-state index is -0.0803. The standard InChI is InChI=1S/C13H23N3O/c1-5-6-9-11(14)15-10(16-12(9)17)7-8-13(2,3)4/h5-8H2,1-4H3,(H3,14,15,16,17). The molecule has 0 saturated heterocycles. The lowest BCUT2D eigenvalue weighted by molar-refractivity contribution is 0.374. The highest BCUT2D eigenvalue weighted by Gasteiger charge is 2.13. The van der Waals surface area contributed by atoms with Crippen molar-refractivity contribution in [1.82, 2.24) is 9.97 Å². The van der Waals surface area contributed by atoms with Crippen LogP contribution in [0.1, 0.15) is 51.9 Å². The first-order chi connectivity index (χ1) is 7.83. The fourth-order valence-electron chi connectivity index (χ4n) is 1.67. The summed E-state index contributed by atoms with van der Waals surface area (Å²) in [6.45, 7) is 8.52. The quantitative estimate of drug-likeness (QED) is 0.844. The van der Waals surface area contributed by atoms with Gasteiger partial charge in [0.2, 0.25) is 0 Å². The summed E-state index contributed by atoms with van der Waals surface area (Å²) in [6.07, 6.45) is 3.32. The molecular formula is C13H23N3O. The van der Waals surface area contributed by atoms with E-state index < -0.39 is 0 Å². The van der Waals surface area contributed by atoms with Crippen LogP contribution in [-0.4, -0.2) is 9.97 Å². The zero-order valence-corrected chi connectivity index (χ0v) is 11.3. The van der Waals surface area contributed by atoms with E-state index >= 15 is 0 Å². The van der Waals surface area contributed by atoms with E-state index in [-0.39, 0.29) is 11.0 Å². The van der Waals surface area contributed by atoms with Gasteiger partial charge in [-0.3, -0.25) is 4.79 Å². The Bertz CT molecular complexity index is 429.